The Morgan fingerprint density at radius 3 is 1.50 bits per heavy atom. The minimum Gasteiger partial charge on any atom is -0.330 e. The van der Waals surface area contributed by atoms with Crippen LogP contribution in [0.5, 0.6) is 0 Å². The maximum absolute atomic E-state index is 5.61. The average Bonchev–Trinajstić information content (AvgIpc) is 2.16. The first-order chi connectivity index (χ1) is 6.74. The molecule has 0 aliphatic rings. The van der Waals surface area contributed by atoms with Gasteiger partial charge in [-0.25, -0.2) is 0 Å². The van der Waals surface area contributed by atoms with Gasteiger partial charge in [-0.3, -0.25) is 0 Å². The molecule has 0 aliphatic carbocycles. The van der Waals surface area contributed by atoms with Crippen LogP contribution in [0.2, 0.25) is 0 Å². The number of nitrogens with two attached hydrogens (primary N) is 1. The molecule has 86 valence electrons. The topological polar surface area (TPSA) is 26.0 Å². The fourth-order valence-corrected chi connectivity index (χ4v) is 2.52. The van der Waals surface area contributed by atoms with Crippen molar-refractivity contribution in [2.45, 2.75) is 46.5 Å². The van der Waals surface area contributed by atoms with Gasteiger partial charge in [-0.1, -0.05) is 20.8 Å². The summed E-state index contributed by atoms with van der Waals surface area (Å²) < 4.78 is 1.31. The molecule has 0 aromatic rings. The van der Waals surface area contributed by atoms with Crippen LogP contribution < -0.4 is 5.73 Å². The molecule has 2 nitrogen and oxygen atoms in total. The van der Waals surface area contributed by atoms with Crippen molar-refractivity contribution in [2.24, 2.45) is 5.73 Å². The molecule has 0 aromatic carbocycles. The molecule has 2 heteroatoms. The lowest BCUT2D eigenvalue weighted by atomic mass is 10.2. The van der Waals surface area contributed by atoms with Crippen LogP contribution in [0.25, 0.3) is 0 Å². The van der Waals surface area contributed by atoms with Gasteiger partial charge in [0.2, 0.25) is 0 Å². The van der Waals surface area contributed by atoms with E-state index in [4.69, 9.17) is 5.73 Å². The second kappa shape index (κ2) is 8.25. The summed E-state index contributed by atoms with van der Waals surface area (Å²) in [6.07, 6.45) is 5.07. The first-order valence-electron chi connectivity index (χ1n) is 6.29. The molecular formula is C12H29N2+. The predicted octanol–water partition coefficient (Wildman–Crippen LogP) is 2.38. The molecule has 0 spiro atoms. The lowest BCUT2D eigenvalue weighted by Gasteiger charge is -2.38. The molecule has 0 unspecified atom stereocenters. The molecule has 0 fully saturated rings. The molecule has 0 bridgehead atoms. The van der Waals surface area contributed by atoms with Crippen molar-refractivity contribution >= 4 is 0 Å². The third-order valence-electron chi connectivity index (χ3n) is 2.93. The molecule has 0 atom stereocenters. The van der Waals surface area contributed by atoms with Crippen molar-refractivity contribution in [2.75, 3.05) is 32.7 Å². The molecule has 0 heterocycles. The van der Waals surface area contributed by atoms with Gasteiger partial charge in [0.05, 0.1) is 26.2 Å². The molecule has 0 rings (SSSR count). The third-order valence-corrected chi connectivity index (χ3v) is 2.93. The zero-order valence-electron chi connectivity index (χ0n) is 10.4. The minimum atomic E-state index is 0.844. The van der Waals surface area contributed by atoms with Crippen molar-refractivity contribution in [3.8, 4) is 0 Å². The molecule has 0 radical (unpaired) electrons. The first-order valence-corrected chi connectivity index (χ1v) is 6.29. The van der Waals surface area contributed by atoms with Gasteiger partial charge >= 0.3 is 0 Å². The Balaban J connectivity index is 4.21. The van der Waals surface area contributed by atoms with E-state index in [2.05, 4.69) is 20.8 Å². The Bertz CT molecular complexity index is 106. The van der Waals surface area contributed by atoms with Crippen LogP contribution in [0.15, 0.2) is 0 Å². The van der Waals surface area contributed by atoms with Crippen LogP contribution in [0.3, 0.4) is 0 Å². The fraction of sp³-hybridized carbons (Fsp3) is 1.00. The van der Waals surface area contributed by atoms with E-state index < -0.39 is 0 Å². The van der Waals surface area contributed by atoms with Gasteiger partial charge in [-0.2, -0.15) is 0 Å². The van der Waals surface area contributed by atoms with E-state index in [9.17, 15) is 0 Å². The Labute approximate surface area is 90.1 Å². The highest BCUT2D eigenvalue weighted by atomic mass is 15.3. The largest absolute Gasteiger partial charge is 0.330 e. The van der Waals surface area contributed by atoms with Gasteiger partial charge in [0, 0.05) is 6.42 Å². The molecule has 0 aliphatic heterocycles. The Kier molecular flexibility index (Phi) is 8.20. The van der Waals surface area contributed by atoms with Crippen molar-refractivity contribution < 1.29 is 4.48 Å². The van der Waals surface area contributed by atoms with E-state index in [1.54, 1.807) is 0 Å². The highest BCUT2D eigenvalue weighted by Gasteiger charge is 2.23. The molecule has 0 saturated carbocycles. The molecular weight excluding hydrogens is 172 g/mol. The SMILES string of the molecule is CCC[N+](CCC)(CCC)CCCN. The van der Waals surface area contributed by atoms with Gasteiger partial charge in [-0.15, -0.1) is 0 Å². The van der Waals surface area contributed by atoms with Crippen LogP contribution in [0.1, 0.15) is 46.5 Å². The summed E-state index contributed by atoms with van der Waals surface area (Å²) in [7, 11) is 0. The van der Waals surface area contributed by atoms with Crippen LogP contribution in [-0.2, 0) is 0 Å². The Morgan fingerprint density at radius 2 is 1.21 bits per heavy atom. The van der Waals surface area contributed by atoms with E-state index in [0.29, 0.717) is 0 Å². The standard InChI is InChI=1S/C12H29N2/c1-4-9-14(10-5-2,11-6-3)12-7-8-13/h4-13H2,1-3H3/q+1. The summed E-state index contributed by atoms with van der Waals surface area (Å²) in [5, 5.41) is 0. The zero-order valence-corrected chi connectivity index (χ0v) is 10.4. The normalized spacial score (nSPS) is 12.0. The fourth-order valence-electron chi connectivity index (χ4n) is 2.52. The summed E-state index contributed by atoms with van der Waals surface area (Å²) in [6, 6.07) is 0. The van der Waals surface area contributed by atoms with Crippen LogP contribution >= 0.6 is 0 Å². The third kappa shape index (κ3) is 4.97. The lowest BCUT2D eigenvalue weighted by molar-refractivity contribution is -0.928. The lowest BCUT2D eigenvalue weighted by Crippen LogP contribution is -2.50. The van der Waals surface area contributed by atoms with Crippen molar-refractivity contribution in [1.82, 2.24) is 0 Å². The summed E-state index contributed by atoms with van der Waals surface area (Å²) in [5.41, 5.74) is 5.61. The van der Waals surface area contributed by atoms with Crippen LogP contribution in [-0.4, -0.2) is 37.2 Å². The average molecular weight is 201 g/mol. The van der Waals surface area contributed by atoms with E-state index >= 15 is 0 Å². The monoisotopic (exact) mass is 201 g/mol. The first kappa shape index (κ1) is 13.9. The van der Waals surface area contributed by atoms with Gasteiger partial charge in [0.1, 0.15) is 0 Å². The van der Waals surface area contributed by atoms with E-state index in [0.717, 1.165) is 6.54 Å². The van der Waals surface area contributed by atoms with Gasteiger partial charge in [-0.05, 0) is 25.8 Å². The summed E-state index contributed by atoms with van der Waals surface area (Å²) in [4.78, 5) is 0. The Morgan fingerprint density at radius 1 is 0.786 bits per heavy atom. The highest BCUT2D eigenvalue weighted by Crippen LogP contribution is 2.12. The number of hydrogen-bond donors (Lipinski definition) is 1. The van der Waals surface area contributed by atoms with Crippen molar-refractivity contribution in [1.29, 1.82) is 0 Å². The van der Waals surface area contributed by atoms with E-state index in [1.807, 2.05) is 0 Å². The number of nitrogens with zero attached hydrogens (tertiary/aromatic N) is 1. The minimum absolute atomic E-state index is 0.844. The Hall–Kier alpha value is -0.0800. The van der Waals surface area contributed by atoms with Crippen LogP contribution in [0, 0.1) is 0 Å². The second-order valence-corrected chi connectivity index (χ2v) is 4.38. The van der Waals surface area contributed by atoms with Gasteiger partial charge in [0.15, 0.2) is 0 Å². The maximum Gasteiger partial charge on any atom is 0.0798 e. The smallest absolute Gasteiger partial charge is 0.0798 e. The summed E-state index contributed by atoms with van der Waals surface area (Å²) >= 11 is 0. The maximum atomic E-state index is 5.61. The van der Waals surface area contributed by atoms with Gasteiger partial charge in [0.25, 0.3) is 0 Å². The van der Waals surface area contributed by atoms with E-state index in [1.165, 1.54) is 56.3 Å². The molecule has 14 heavy (non-hydrogen) atoms. The molecule has 2 N–H and O–H groups in total. The molecule has 0 amide bonds. The zero-order chi connectivity index (χ0) is 10.9. The quantitative estimate of drug-likeness (QED) is 0.570. The number of quaternary nitrogens is 1. The highest BCUT2D eigenvalue weighted by molar-refractivity contribution is 4.46. The summed E-state index contributed by atoms with van der Waals surface area (Å²) in [6.45, 7) is 13.0. The van der Waals surface area contributed by atoms with Crippen molar-refractivity contribution in [3.05, 3.63) is 0 Å². The van der Waals surface area contributed by atoms with E-state index in [-0.39, 0.29) is 0 Å². The number of rotatable bonds is 9. The van der Waals surface area contributed by atoms with Crippen molar-refractivity contribution in [3.63, 3.8) is 0 Å². The summed E-state index contributed by atoms with van der Waals surface area (Å²) in [5.74, 6) is 0. The molecule has 0 aromatic heterocycles. The second-order valence-electron chi connectivity index (χ2n) is 4.38. The van der Waals surface area contributed by atoms with Crippen LogP contribution in [0.4, 0.5) is 0 Å². The molecule has 0 saturated heterocycles. The van der Waals surface area contributed by atoms with Gasteiger partial charge < -0.3 is 10.2 Å². The predicted molar refractivity (Wildman–Crippen MR) is 64.3 cm³/mol. The number of hydrogen-bond acceptors (Lipinski definition) is 1.